The zero-order valence-electron chi connectivity index (χ0n) is 10.3. The van der Waals surface area contributed by atoms with Gasteiger partial charge in [0.2, 0.25) is 0 Å². The quantitative estimate of drug-likeness (QED) is 0.836. The highest BCUT2D eigenvalue weighted by Crippen LogP contribution is 2.27. The fourth-order valence-corrected chi connectivity index (χ4v) is 2.83. The molecule has 1 aromatic rings. The van der Waals surface area contributed by atoms with Crippen molar-refractivity contribution < 1.29 is 14.7 Å². The van der Waals surface area contributed by atoms with Crippen LogP contribution in [0.25, 0.3) is 0 Å². The second kappa shape index (κ2) is 5.12. The van der Waals surface area contributed by atoms with Crippen LogP contribution in [0.3, 0.4) is 0 Å². The highest BCUT2D eigenvalue weighted by atomic mass is 32.2. The van der Waals surface area contributed by atoms with E-state index in [4.69, 9.17) is 0 Å². The summed E-state index contributed by atoms with van der Waals surface area (Å²) < 4.78 is 0. The van der Waals surface area contributed by atoms with E-state index in [9.17, 15) is 14.7 Å². The van der Waals surface area contributed by atoms with Gasteiger partial charge in [-0.3, -0.25) is 14.5 Å². The van der Waals surface area contributed by atoms with Crippen molar-refractivity contribution in [3.8, 4) is 0 Å². The fourth-order valence-electron chi connectivity index (χ4n) is 2.17. The summed E-state index contributed by atoms with van der Waals surface area (Å²) in [4.78, 5) is 25.7. The Kier molecular flexibility index (Phi) is 3.73. The van der Waals surface area contributed by atoms with Gasteiger partial charge in [0.1, 0.15) is 0 Å². The van der Waals surface area contributed by atoms with Gasteiger partial charge >= 0.3 is 0 Å². The molecule has 1 aliphatic rings. The van der Waals surface area contributed by atoms with E-state index in [0.717, 1.165) is 0 Å². The van der Waals surface area contributed by atoms with Crippen molar-refractivity contribution in [1.29, 1.82) is 0 Å². The summed E-state index contributed by atoms with van der Waals surface area (Å²) in [5, 5.41) is 9.12. The molecule has 2 atom stereocenters. The van der Waals surface area contributed by atoms with Gasteiger partial charge in [-0.25, -0.2) is 0 Å². The second-order valence-corrected chi connectivity index (χ2v) is 5.30. The van der Waals surface area contributed by atoms with E-state index in [1.807, 2.05) is 6.26 Å². The third-order valence-corrected chi connectivity index (χ3v) is 4.40. The molecule has 0 aliphatic carbocycles. The summed E-state index contributed by atoms with van der Waals surface area (Å²) in [5.74, 6) is -0.536. The Morgan fingerprint density at radius 3 is 2.11 bits per heavy atom. The topological polar surface area (TPSA) is 57.6 Å². The van der Waals surface area contributed by atoms with Gasteiger partial charge in [0.15, 0.2) is 0 Å². The molecule has 2 rings (SSSR count). The lowest BCUT2D eigenvalue weighted by Gasteiger charge is -2.28. The molecule has 0 spiro atoms. The zero-order chi connectivity index (χ0) is 13.3. The predicted molar refractivity (Wildman–Crippen MR) is 70.8 cm³/mol. The average Bonchev–Trinajstić information content (AvgIpc) is 2.64. The van der Waals surface area contributed by atoms with Gasteiger partial charge in [0, 0.05) is 5.25 Å². The van der Waals surface area contributed by atoms with E-state index in [1.54, 1.807) is 31.2 Å². The maximum Gasteiger partial charge on any atom is 0.261 e. The van der Waals surface area contributed by atoms with E-state index in [-0.39, 0.29) is 29.7 Å². The Balaban J connectivity index is 2.33. The number of nitrogens with zero attached hydrogens (tertiary/aromatic N) is 1. The summed E-state index contributed by atoms with van der Waals surface area (Å²) in [6.45, 7) is 1.73. The van der Waals surface area contributed by atoms with Gasteiger partial charge in [-0.15, -0.1) is 0 Å². The van der Waals surface area contributed by atoms with Crippen LogP contribution in [0.5, 0.6) is 0 Å². The number of hydrogen-bond donors (Lipinski definition) is 1. The van der Waals surface area contributed by atoms with Gasteiger partial charge < -0.3 is 5.11 Å². The Morgan fingerprint density at radius 1 is 1.22 bits per heavy atom. The first kappa shape index (κ1) is 13.1. The number of carbonyl (C=O) groups excluding carboxylic acids is 2. The molecular formula is C13H15NO3S. The molecule has 0 saturated carbocycles. The number of aliphatic hydroxyl groups is 1. The third-order valence-electron chi connectivity index (χ3n) is 3.25. The molecule has 0 saturated heterocycles. The van der Waals surface area contributed by atoms with Crippen molar-refractivity contribution in [3.63, 3.8) is 0 Å². The first-order valence-electron chi connectivity index (χ1n) is 5.72. The van der Waals surface area contributed by atoms with Crippen LogP contribution < -0.4 is 0 Å². The Bertz CT molecular complexity index is 450. The lowest BCUT2D eigenvalue weighted by atomic mass is 10.1. The zero-order valence-corrected chi connectivity index (χ0v) is 11.1. The normalized spacial score (nSPS) is 17.8. The molecule has 0 aromatic heterocycles. The van der Waals surface area contributed by atoms with Crippen molar-refractivity contribution in [1.82, 2.24) is 4.90 Å². The number of rotatable bonds is 4. The summed E-state index contributed by atoms with van der Waals surface area (Å²) in [6, 6.07) is 6.49. The molecular weight excluding hydrogens is 250 g/mol. The number of fused-ring (bicyclic) bond motifs is 1. The number of amides is 2. The van der Waals surface area contributed by atoms with E-state index < -0.39 is 0 Å². The van der Waals surface area contributed by atoms with Crippen molar-refractivity contribution >= 4 is 23.6 Å². The summed E-state index contributed by atoms with van der Waals surface area (Å²) in [6.07, 6.45) is 1.86. The molecule has 2 unspecified atom stereocenters. The third kappa shape index (κ3) is 1.93. The SMILES string of the molecule is CSC(CO)C(C)N1C(=O)c2ccccc2C1=O. The van der Waals surface area contributed by atoms with E-state index in [0.29, 0.717) is 11.1 Å². The monoisotopic (exact) mass is 265 g/mol. The summed E-state index contributed by atoms with van der Waals surface area (Å²) >= 11 is 1.45. The summed E-state index contributed by atoms with van der Waals surface area (Å²) in [5.41, 5.74) is 0.902. The first-order valence-corrected chi connectivity index (χ1v) is 7.01. The van der Waals surface area contributed by atoms with Crippen LogP contribution in [0.15, 0.2) is 24.3 Å². The van der Waals surface area contributed by atoms with Crippen molar-refractivity contribution in [3.05, 3.63) is 35.4 Å². The molecule has 96 valence electrons. The van der Waals surface area contributed by atoms with Crippen molar-refractivity contribution in [2.45, 2.75) is 18.2 Å². The van der Waals surface area contributed by atoms with Gasteiger partial charge in [0.05, 0.1) is 23.8 Å². The molecule has 0 bridgehead atoms. The minimum Gasteiger partial charge on any atom is -0.395 e. The number of hydrogen-bond acceptors (Lipinski definition) is 4. The molecule has 1 aliphatic heterocycles. The van der Waals surface area contributed by atoms with Crippen LogP contribution in [-0.4, -0.2) is 46.0 Å². The fraction of sp³-hybridized carbons (Fsp3) is 0.385. The highest BCUT2D eigenvalue weighted by molar-refractivity contribution is 7.99. The number of benzene rings is 1. The maximum atomic E-state index is 12.2. The molecule has 0 radical (unpaired) electrons. The number of imide groups is 1. The van der Waals surface area contributed by atoms with Crippen molar-refractivity contribution in [2.75, 3.05) is 12.9 Å². The Hall–Kier alpha value is -1.33. The lowest BCUT2D eigenvalue weighted by Crippen LogP contribution is -2.45. The molecule has 2 amide bonds. The molecule has 1 heterocycles. The smallest absolute Gasteiger partial charge is 0.261 e. The highest BCUT2D eigenvalue weighted by Gasteiger charge is 2.40. The minimum atomic E-state index is -0.322. The molecule has 4 nitrogen and oxygen atoms in total. The molecule has 5 heteroatoms. The van der Waals surface area contributed by atoms with Crippen LogP contribution in [0.2, 0.25) is 0 Å². The Labute approximate surface area is 110 Å². The van der Waals surface area contributed by atoms with Crippen LogP contribution in [0.1, 0.15) is 27.6 Å². The van der Waals surface area contributed by atoms with E-state index in [1.165, 1.54) is 16.7 Å². The van der Waals surface area contributed by atoms with Crippen LogP contribution in [-0.2, 0) is 0 Å². The second-order valence-electron chi connectivity index (χ2n) is 4.22. The molecule has 1 N–H and O–H groups in total. The van der Waals surface area contributed by atoms with E-state index in [2.05, 4.69) is 0 Å². The number of carbonyl (C=O) groups is 2. The van der Waals surface area contributed by atoms with Crippen LogP contribution >= 0.6 is 11.8 Å². The summed E-state index contributed by atoms with van der Waals surface area (Å²) in [7, 11) is 0. The average molecular weight is 265 g/mol. The molecule has 18 heavy (non-hydrogen) atoms. The van der Waals surface area contributed by atoms with Gasteiger partial charge in [0.25, 0.3) is 11.8 Å². The first-order chi connectivity index (χ1) is 8.61. The predicted octanol–water partition coefficient (Wildman–Crippen LogP) is 1.40. The van der Waals surface area contributed by atoms with Crippen molar-refractivity contribution in [2.24, 2.45) is 0 Å². The Morgan fingerprint density at radius 2 is 1.72 bits per heavy atom. The molecule has 0 fully saturated rings. The maximum absolute atomic E-state index is 12.2. The lowest BCUT2D eigenvalue weighted by molar-refractivity contribution is 0.0582. The number of thioether (sulfide) groups is 1. The molecule has 1 aromatic carbocycles. The largest absolute Gasteiger partial charge is 0.395 e. The van der Waals surface area contributed by atoms with Gasteiger partial charge in [-0.05, 0) is 25.3 Å². The van der Waals surface area contributed by atoms with Crippen LogP contribution in [0.4, 0.5) is 0 Å². The number of aliphatic hydroxyl groups excluding tert-OH is 1. The standard InChI is InChI=1S/C13H15NO3S/c1-8(11(7-15)18-2)14-12(16)9-5-3-4-6-10(9)13(14)17/h3-6,8,11,15H,7H2,1-2H3. The van der Waals surface area contributed by atoms with Gasteiger partial charge in [-0.2, -0.15) is 11.8 Å². The minimum absolute atomic E-state index is 0.0598. The van der Waals surface area contributed by atoms with E-state index >= 15 is 0 Å². The van der Waals surface area contributed by atoms with Crippen LogP contribution in [0, 0.1) is 0 Å². The van der Waals surface area contributed by atoms with Gasteiger partial charge in [-0.1, -0.05) is 12.1 Å².